The number of carbonyl (C=O) groups excluding carboxylic acids is 1. The Morgan fingerprint density at radius 1 is 0.852 bits per heavy atom. The van der Waals surface area contributed by atoms with E-state index in [1.807, 2.05) is 60.8 Å². The van der Waals surface area contributed by atoms with Crippen LogP contribution in [-0.4, -0.2) is 15.9 Å². The van der Waals surface area contributed by atoms with Gasteiger partial charge in [0.2, 0.25) is 0 Å². The number of nitrogens with zero attached hydrogens (tertiary/aromatic N) is 1. The Morgan fingerprint density at radius 2 is 1.56 bits per heavy atom. The van der Waals surface area contributed by atoms with E-state index < -0.39 is 0 Å². The normalized spacial score (nSPS) is 10.6. The second-order valence-electron chi connectivity index (χ2n) is 6.05. The Balaban J connectivity index is 1.48. The maximum absolute atomic E-state index is 12.3. The number of aromatic amines is 1. The smallest absolute Gasteiger partial charge is 0.255 e. The molecular formula is C22H16ClN3O. The summed E-state index contributed by atoms with van der Waals surface area (Å²) in [5.74, 6) is 0.651. The van der Waals surface area contributed by atoms with Crippen molar-refractivity contribution in [3.63, 3.8) is 0 Å². The maximum Gasteiger partial charge on any atom is 0.255 e. The van der Waals surface area contributed by atoms with Crippen molar-refractivity contribution in [3.8, 4) is 22.6 Å². The van der Waals surface area contributed by atoms with Crippen molar-refractivity contribution in [3.05, 3.63) is 95.6 Å². The molecule has 4 nitrogen and oxygen atoms in total. The summed E-state index contributed by atoms with van der Waals surface area (Å²) in [5, 5.41) is 3.48. The van der Waals surface area contributed by atoms with Crippen molar-refractivity contribution in [2.75, 3.05) is 5.32 Å². The summed E-state index contributed by atoms with van der Waals surface area (Å²) in [6.45, 7) is 0. The number of imidazole rings is 1. The number of H-pyrrole nitrogens is 1. The fourth-order valence-corrected chi connectivity index (χ4v) is 2.87. The number of aromatic nitrogens is 2. The first kappa shape index (κ1) is 17.1. The molecule has 0 spiro atoms. The third-order valence-electron chi connectivity index (χ3n) is 4.18. The number of benzene rings is 3. The molecule has 0 saturated heterocycles. The molecule has 0 fully saturated rings. The molecule has 4 rings (SSSR count). The van der Waals surface area contributed by atoms with Gasteiger partial charge in [0.05, 0.1) is 11.9 Å². The molecule has 0 aliphatic rings. The van der Waals surface area contributed by atoms with E-state index in [4.69, 9.17) is 11.6 Å². The average Bonchev–Trinajstić information content (AvgIpc) is 3.20. The van der Waals surface area contributed by atoms with Crippen molar-refractivity contribution >= 4 is 23.2 Å². The largest absolute Gasteiger partial charge is 0.338 e. The summed E-state index contributed by atoms with van der Waals surface area (Å²) >= 11 is 5.85. The molecule has 1 amide bonds. The molecule has 4 aromatic rings. The van der Waals surface area contributed by atoms with Crippen LogP contribution in [0, 0.1) is 0 Å². The van der Waals surface area contributed by atoms with Gasteiger partial charge < -0.3 is 10.3 Å². The second kappa shape index (κ2) is 7.48. The van der Waals surface area contributed by atoms with Gasteiger partial charge in [-0.15, -0.1) is 0 Å². The molecule has 0 aliphatic carbocycles. The average molecular weight is 374 g/mol. The summed E-state index contributed by atoms with van der Waals surface area (Å²) < 4.78 is 0. The van der Waals surface area contributed by atoms with Gasteiger partial charge in [0.15, 0.2) is 0 Å². The van der Waals surface area contributed by atoms with Crippen LogP contribution in [0.1, 0.15) is 10.4 Å². The summed E-state index contributed by atoms with van der Waals surface area (Å²) in [6, 6.07) is 24.4. The fourth-order valence-electron chi connectivity index (χ4n) is 2.75. The van der Waals surface area contributed by atoms with E-state index >= 15 is 0 Å². The van der Waals surface area contributed by atoms with E-state index in [0.717, 1.165) is 28.3 Å². The predicted molar refractivity (Wildman–Crippen MR) is 109 cm³/mol. The van der Waals surface area contributed by atoms with Crippen molar-refractivity contribution in [1.82, 2.24) is 9.97 Å². The standard InChI is InChI=1S/C22H16ClN3O/c23-18-10-6-17(7-11-18)22(27)25-19-12-8-15(9-13-19)20-14-24-21(26-20)16-4-2-1-3-5-16/h1-14H,(H,24,26)(H,25,27). The zero-order chi connectivity index (χ0) is 18.6. The van der Waals surface area contributed by atoms with Crippen LogP contribution in [-0.2, 0) is 0 Å². The third kappa shape index (κ3) is 3.91. The second-order valence-corrected chi connectivity index (χ2v) is 6.49. The first-order valence-corrected chi connectivity index (χ1v) is 8.84. The topological polar surface area (TPSA) is 57.8 Å². The van der Waals surface area contributed by atoms with Crippen LogP contribution in [0.5, 0.6) is 0 Å². The highest BCUT2D eigenvalue weighted by Crippen LogP contribution is 2.23. The molecule has 0 atom stereocenters. The van der Waals surface area contributed by atoms with Gasteiger partial charge >= 0.3 is 0 Å². The molecule has 27 heavy (non-hydrogen) atoms. The van der Waals surface area contributed by atoms with Crippen LogP contribution in [0.25, 0.3) is 22.6 Å². The Labute approximate surface area is 161 Å². The predicted octanol–water partition coefficient (Wildman–Crippen LogP) is 5.65. The first-order valence-electron chi connectivity index (χ1n) is 8.47. The minimum Gasteiger partial charge on any atom is -0.338 e. The Hall–Kier alpha value is -3.37. The third-order valence-corrected chi connectivity index (χ3v) is 4.44. The molecule has 1 heterocycles. The lowest BCUT2D eigenvalue weighted by atomic mass is 10.1. The minimum atomic E-state index is -0.174. The van der Waals surface area contributed by atoms with E-state index in [0.29, 0.717) is 10.6 Å². The van der Waals surface area contributed by atoms with Gasteiger partial charge in [-0.2, -0.15) is 0 Å². The summed E-state index contributed by atoms with van der Waals surface area (Å²) in [5.41, 5.74) is 4.24. The van der Waals surface area contributed by atoms with E-state index in [1.165, 1.54) is 0 Å². The molecule has 0 saturated carbocycles. The van der Waals surface area contributed by atoms with Crippen LogP contribution in [0.4, 0.5) is 5.69 Å². The van der Waals surface area contributed by atoms with Gasteiger partial charge in [-0.25, -0.2) is 4.98 Å². The van der Waals surface area contributed by atoms with Gasteiger partial charge in [0.25, 0.3) is 5.91 Å². The molecule has 0 radical (unpaired) electrons. The molecule has 0 unspecified atom stereocenters. The first-order chi connectivity index (χ1) is 13.2. The maximum atomic E-state index is 12.3. The summed E-state index contributed by atoms with van der Waals surface area (Å²) in [4.78, 5) is 20.0. The van der Waals surface area contributed by atoms with Gasteiger partial charge in [-0.3, -0.25) is 4.79 Å². The highest BCUT2D eigenvalue weighted by Gasteiger charge is 2.08. The molecule has 3 aromatic carbocycles. The minimum absolute atomic E-state index is 0.174. The Kier molecular flexibility index (Phi) is 4.73. The molecule has 0 aliphatic heterocycles. The molecule has 1 aromatic heterocycles. The lowest BCUT2D eigenvalue weighted by Gasteiger charge is -2.06. The highest BCUT2D eigenvalue weighted by molar-refractivity contribution is 6.30. The lowest BCUT2D eigenvalue weighted by molar-refractivity contribution is 0.102. The number of hydrogen-bond donors (Lipinski definition) is 2. The molecule has 2 N–H and O–H groups in total. The quantitative estimate of drug-likeness (QED) is 0.485. The Bertz CT molecular complexity index is 1050. The van der Waals surface area contributed by atoms with E-state index in [2.05, 4.69) is 15.3 Å². The van der Waals surface area contributed by atoms with Crippen molar-refractivity contribution in [2.45, 2.75) is 0 Å². The van der Waals surface area contributed by atoms with Crippen LogP contribution >= 0.6 is 11.6 Å². The number of halogens is 1. The van der Waals surface area contributed by atoms with E-state index in [1.54, 1.807) is 24.3 Å². The number of hydrogen-bond acceptors (Lipinski definition) is 2. The van der Waals surface area contributed by atoms with Crippen molar-refractivity contribution in [2.24, 2.45) is 0 Å². The highest BCUT2D eigenvalue weighted by atomic mass is 35.5. The van der Waals surface area contributed by atoms with Gasteiger partial charge in [-0.05, 0) is 42.0 Å². The van der Waals surface area contributed by atoms with Crippen LogP contribution < -0.4 is 5.32 Å². The van der Waals surface area contributed by atoms with E-state index in [9.17, 15) is 4.79 Å². The zero-order valence-electron chi connectivity index (χ0n) is 14.3. The van der Waals surface area contributed by atoms with Gasteiger partial charge in [0, 0.05) is 21.8 Å². The fraction of sp³-hybridized carbons (Fsp3) is 0. The van der Waals surface area contributed by atoms with Crippen LogP contribution in [0.15, 0.2) is 85.1 Å². The number of rotatable bonds is 4. The Morgan fingerprint density at radius 3 is 2.26 bits per heavy atom. The van der Waals surface area contributed by atoms with Crippen LogP contribution in [0.3, 0.4) is 0 Å². The number of amides is 1. The molecule has 5 heteroatoms. The molecule has 132 valence electrons. The lowest BCUT2D eigenvalue weighted by Crippen LogP contribution is -2.11. The van der Waals surface area contributed by atoms with Crippen molar-refractivity contribution < 1.29 is 4.79 Å². The van der Waals surface area contributed by atoms with E-state index in [-0.39, 0.29) is 5.91 Å². The molecule has 0 bridgehead atoms. The van der Waals surface area contributed by atoms with Crippen molar-refractivity contribution in [1.29, 1.82) is 0 Å². The number of carbonyl (C=O) groups is 1. The zero-order valence-corrected chi connectivity index (χ0v) is 15.1. The molecular weight excluding hydrogens is 358 g/mol. The number of nitrogens with one attached hydrogen (secondary N) is 2. The van der Waals surface area contributed by atoms with Crippen LogP contribution in [0.2, 0.25) is 5.02 Å². The number of anilines is 1. The summed E-state index contributed by atoms with van der Waals surface area (Å²) in [7, 11) is 0. The summed E-state index contributed by atoms with van der Waals surface area (Å²) in [6.07, 6.45) is 1.81. The monoisotopic (exact) mass is 373 g/mol. The van der Waals surface area contributed by atoms with Gasteiger partial charge in [0.1, 0.15) is 5.82 Å². The van der Waals surface area contributed by atoms with Gasteiger partial charge in [-0.1, -0.05) is 54.1 Å². The SMILES string of the molecule is O=C(Nc1ccc(-c2cnc(-c3ccccc3)[nH]2)cc1)c1ccc(Cl)cc1.